The molecule has 3 aromatic rings. The summed E-state index contributed by atoms with van der Waals surface area (Å²) in [6.07, 6.45) is 0. The van der Waals surface area contributed by atoms with Gasteiger partial charge in [0.1, 0.15) is 0 Å². The average Bonchev–Trinajstić information content (AvgIpc) is 2.48. The summed E-state index contributed by atoms with van der Waals surface area (Å²) >= 11 is 0. The van der Waals surface area contributed by atoms with Crippen LogP contribution < -0.4 is 10.6 Å². The predicted molar refractivity (Wildman–Crippen MR) is 87.6 cm³/mol. The highest BCUT2D eigenvalue weighted by Crippen LogP contribution is 2.31. The number of anilines is 3. The van der Waals surface area contributed by atoms with Crippen molar-refractivity contribution >= 4 is 27.8 Å². The summed E-state index contributed by atoms with van der Waals surface area (Å²) in [6, 6.07) is 21.0. The fourth-order valence-electron chi connectivity index (χ4n) is 2.47. The lowest BCUT2D eigenvalue weighted by atomic mass is 10.1. The van der Waals surface area contributed by atoms with Gasteiger partial charge in [-0.15, -0.1) is 0 Å². The van der Waals surface area contributed by atoms with Crippen LogP contribution in [0.1, 0.15) is 5.56 Å². The van der Waals surface area contributed by atoms with Crippen LogP contribution in [0.5, 0.6) is 0 Å². The third-order valence-corrected chi connectivity index (χ3v) is 3.67. The zero-order valence-corrected chi connectivity index (χ0v) is 11.8. The molecule has 0 saturated carbocycles. The lowest BCUT2D eigenvalue weighted by Gasteiger charge is -2.22. The molecule has 2 heteroatoms. The highest BCUT2D eigenvalue weighted by atomic mass is 15.1. The van der Waals surface area contributed by atoms with Gasteiger partial charge in [-0.25, -0.2) is 0 Å². The van der Waals surface area contributed by atoms with Gasteiger partial charge in [-0.1, -0.05) is 36.4 Å². The highest BCUT2D eigenvalue weighted by molar-refractivity contribution is 5.87. The third-order valence-electron chi connectivity index (χ3n) is 3.67. The molecule has 0 heterocycles. The van der Waals surface area contributed by atoms with E-state index in [1.807, 2.05) is 12.1 Å². The van der Waals surface area contributed by atoms with Crippen LogP contribution in [0.2, 0.25) is 0 Å². The van der Waals surface area contributed by atoms with Gasteiger partial charge in [0, 0.05) is 12.7 Å². The van der Waals surface area contributed by atoms with Crippen molar-refractivity contribution in [2.45, 2.75) is 6.92 Å². The molecular formula is C18H18N2. The van der Waals surface area contributed by atoms with Gasteiger partial charge in [-0.05, 0) is 47.5 Å². The molecule has 0 saturated heterocycles. The van der Waals surface area contributed by atoms with Gasteiger partial charge in [0.2, 0.25) is 0 Å². The van der Waals surface area contributed by atoms with Crippen molar-refractivity contribution in [1.82, 2.24) is 0 Å². The first-order valence-electron chi connectivity index (χ1n) is 6.74. The van der Waals surface area contributed by atoms with E-state index in [0.29, 0.717) is 0 Å². The van der Waals surface area contributed by atoms with Gasteiger partial charge in [-0.3, -0.25) is 0 Å². The molecule has 0 radical (unpaired) electrons. The van der Waals surface area contributed by atoms with Gasteiger partial charge >= 0.3 is 0 Å². The Labute approximate surface area is 119 Å². The van der Waals surface area contributed by atoms with E-state index in [1.165, 1.54) is 16.3 Å². The Hall–Kier alpha value is -2.48. The Balaban J connectivity index is 2.07. The molecule has 0 bridgehead atoms. The number of benzene rings is 3. The molecule has 2 nitrogen and oxygen atoms in total. The molecule has 3 rings (SSSR count). The highest BCUT2D eigenvalue weighted by Gasteiger charge is 2.08. The van der Waals surface area contributed by atoms with E-state index in [0.717, 1.165) is 17.1 Å². The van der Waals surface area contributed by atoms with Gasteiger partial charge < -0.3 is 10.6 Å². The molecule has 0 atom stereocenters. The molecule has 0 amide bonds. The number of hydrogen-bond donors (Lipinski definition) is 1. The summed E-state index contributed by atoms with van der Waals surface area (Å²) in [5.41, 5.74) is 10.3. The van der Waals surface area contributed by atoms with Crippen molar-refractivity contribution < 1.29 is 0 Å². The molecule has 100 valence electrons. The van der Waals surface area contributed by atoms with E-state index >= 15 is 0 Å². The van der Waals surface area contributed by atoms with Gasteiger partial charge in [0.15, 0.2) is 0 Å². The summed E-state index contributed by atoms with van der Waals surface area (Å²) in [5.74, 6) is 0. The zero-order valence-electron chi connectivity index (χ0n) is 11.8. The van der Waals surface area contributed by atoms with Crippen LogP contribution >= 0.6 is 0 Å². The van der Waals surface area contributed by atoms with E-state index in [9.17, 15) is 0 Å². The molecule has 0 fully saturated rings. The standard InChI is InChI=1S/C18H18N2/c1-13-7-10-17(19)18(11-13)20(2)16-9-8-14-5-3-4-6-15(14)12-16/h3-12H,19H2,1-2H3. The predicted octanol–water partition coefficient (Wildman–Crippen LogP) is 4.50. The molecule has 3 aromatic carbocycles. The van der Waals surface area contributed by atoms with Crippen LogP contribution in [0, 0.1) is 6.92 Å². The Morgan fingerprint density at radius 1 is 0.850 bits per heavy atom. The number of nitrogens with zero attached hydrogens (tertiary/aromatic N) is 1. The molecule has 0 spiro atoms. The Morgan fingerprint density at radius 3 is 2.40 bits per heavy atom. The number of rotatable bonds is 2. The van der Waals surface area contributed by atoms with Crippen LogP contribution in [0.25, 0.3) is 10.8 Å². The molecule has 2 N–H and O–H groups in total. The molecule has 0 unspecified atom stereocenters. The summed E-state index contributed by atoms with van der Waals surface area (Å²) in [6.45, 7) is 2.08. The SMILES string of the molecule is Cc1ccc(N)c(N(C)c2ccc3ccccc3c2)c1. The quantitative estimate of drug-likeness (QED) is 0.689. The Morgan fingerprint density at radius 2 is 1.60 bits per heavy atom. The maximum Gasteiger partial charge on any atom is 0.0644 e. The zero-order chi connectivity index (χ0) is 14.1. The summed E-state index contributed by atoms with van der Waals surface area (Å²) in [7, 11) is 2.05. The van der Waals surface area contributed by atoms with Gasteiger partial charge in [0.25, 0.3) is 0 Å². The molecule has 0 aromatic heterocycles. The minimum Gasteiger partial charge on any atom is -0.397 e. The smallest absolute Gasteiger partial charge is 0.0644 e. The Kier molecular flexibility index (Phi) is 3.07. The topological polar surface area (TPSA) is 29.3 Å². The number of nitrogens with two attached hydrogens (primary N) is 1. The monoisotopic (exact) mass is 262 g/mol. The third kappa shape index (κ3) is 2.21. The second-order valence-corrected chi connectivity index (χ2v) is 5.15. The minimum absolute atomic E-state index is 0.797. The van der Waals surface area contributed by atoms with Crippen LogP contribution in [0.3, 0.4) is 0 Å². The molecular weight excluding hydrogens is 244 g/mol. The first-order valence-corrected chi connectivity index (χ1v) is 6.74. The van der Waals surface area contributed by atoms with Crippen LogP contribution in [-0.2, 0) is 0 Å². The lowest BCUT2D eigenvalue weighted by molar-refractivity contribution is 1.21. The minimum atomic E-state index is 0.797. The van der Waals surface area contributed by atoms with Crippen molar-refractivity contribution in [3.63, 3.8) is 0 Å². The molecule has 0 aliphatic carbocycles. The first kappa shape index (κ1) is 12.5. The van der Waals surface area contributed by atoms with Crippen LogP contribution in [0.4, 0.5) is 17.1 Å². The van der Waals surface area contributed by atoms with Gasteiger partial charge in [-0.2, -0.15) is 0 Å². The van der Waals surface area contributed by atoms with Crippen LogP contribution in [-0.4, -0.2) is 7.05 Å². The summed E-state index contributed by atoms with van der Waals surface area (Å²) in [5, 5.41) is 2.49. The van der Waals surface area contributed by atoms with E-state index < -0.39 is 0 Å². The molecule has 0 aliphatic rings. The maximum absolute atomic E-state index is 6.10. The van der Waals surface area contributed by atoms with E-state index in [1.54, 1.807) is 0 Å². The second kappa shape index (κ2) is 4.89. The lowest BCUT2D eigenvalue weighted by Crippen LogP contribution is -2.11. The van der Waals surface area contributed by atoms with E-state index in [4.69, 9.17) is 5.73 Å². The van der Waals surface area contributed by atoms with E-state index in [2.05, 4.69) is 67.4 Å². The molecule has 20 heavy (non-hydrogen) atoms. The normalized spacial score (nSPS) is 10.7. The van der Waals surface area contributed by atoms with Crippen molar-refractivity contribution in [2.75, 3.05) is 17.7 Å². The van der Waals surface area contributed by atoms with Crippen LogP contribution in [0.15, 0.2) is 60.7 Å². The molecule has 0 aliphatic heterocycles. The fraction of sp³-hybridized carbons (Fsp3) is 0.111. The number of aryl methyl sites for hydroxylation is 1. The number of nitrogen functional groups attached to an aromatic ring is 1. The summed E-state index contributed by atoms with van der Waals surface area (Å²) in [4.78, 5) is 2.13. The van der Waals surface area contributed by atoms with E-state index in [-0.39, 0.29) is 0 Å². The first-order chi connectivity index (χ1) is 9.65. The Bertz CT molecular complexity index is 762. The number of fused-ring (bicyclic) bond motifs is 1. The van der Waals surface area contributed by atoms with Crippen molar-refractivity contribution in [3.8, 4) is 0 Å². The number of hydrogen-bond acceptors (Lipinski definition) is 2. The van der Waals surface area contributed by atoms with Crippen molar-refractivity contribution in [3.05, 3.63) is 66.2 Å². The fourth-order valence-corrected chi connectivity index (χ4v) is 2.47. The van der Waals surface area contributed by atoms with Crippen molar-refractivity contribution in [1.29, 1.82) is 0 Å². The van der Waals surface area contributed by atoms with Gasteiger partial charge in [0.05, 0.1) is 11.4 Å². The summed E-state index contributed by atoms with van der Waals surface area (Å²) < 4.78 is 0. The second-order valence-electron chi connectivity index (χ2n) is 5.15. The maximum atomic E-state index is 6.10. The average molecular weight is 262 g/mol. The van der Waals surface area contributed by atoms with Crippen molar-refractivity contribution in [2.24, 2.45) is 0 Å². The largest absolute Gasteiger partial charge is 0.397 e.